The van der Waals surface area contributed by atoms with Crippen LogP contribution in [0, 0.1) is 3.57 Å². The molecule has 3 amide bonds. The van der Waals surface area contributed by atoms with Crippen molar-refractivity contribution >= 4 is 75.1 Å². The quantitative estimate of drug-likeness (QED) is 0.499. The van der Waals surface area contributed by atoms with Crippen molar-refractivity contribution < 1.29 is 14.4 Å². The van der Waals surface area contributed by atoms with Crippen LogP contribution in [0.3, 0.4) is 0 Å². The van der Waals surface area contributed by atoms with Gasteiger partial charge in [-0.15, -0.1) is 11.8 Å². The summed E-state index contributed by atoms with van der Waals surface area (Å²) in [6.07, 6.45) is 0.101. The van der Waals surface area contributed by atoms with Crippen LogP contribution in [0.1, 0.15) is 6.42 Å². The maximum absolute atomic E-state index is 12.5. The van der Waals surface area contributed by atoms with Gasteiger partial charge in [-0.2, -0.15) is 0 Å². The molecule has 3 rings (SSSR count). The number of nitrogens with one attached hydrogen (secondary N) is 1. The van der Waals surface area contributed by atoms with Crippen LogP contribution in [0.5, 0.6) is 0 Å². The van der Waals surface area contributed by atoms with Gasteiger partial charge >= 0.3 is 0 Å². The molecule has 0 spiro atoms. The summed E-state index contributed by atoms with van der Waals surface area (Å²) in [6.45, 7) is 0. The third-order valence-corrected chi connectivity index (χ3v) is 5.90. The predicted molar refractivity (Wildman–Crippen MR) is 113 cm³/mol. The molecule has 0 bridgehead atoms. The highest BCUT2D eigenvalue weighted by atomic mass is 127. The van der Waals surface area contributed by atoms with Crippen LogP contribution in [-0.2, 0) is 14.4 Å². The lowest BCUT2D eigenvalue weighted by Crippen LogP contribution is -2.31. The minimum Gasteiger partial charge on any atom is -0.325 e. The van der Waals surface area contributed by atoms with Gasteiger partial charge in [0.05, 0.1) is 16.7 Å². The van der Waals surface area contributed by atoms with E-state index in [1.807, 2.05) is 12.1 Å². The van der Waals surface area contributed by atoms with E-state index < -0.39 is 5.25 Å². The Hall–Kier alpha value is -1.58. The number of hydrogen-bond acceptors (Lipinski definition) is 4. The zero-order valence-corrected chi connectivity index (χ0v) is 17.2. The van der Waals surface area contributed by atoms with E-state index in [-0.39, 0.29) is 29.9 Å². The lowest BCUT2D eigenvalue weighted by molar-refractivity contribution is -0.121. The molecule has 134 valence electrons. The molecule has 1 atom stereocenters. The second-order valence-corrected chi connectivity index (χ2v) is 8.48. The Labute approximate surface area is 173 Å². The van der Waals surface area contributed by atoms with Crippen LogP contribution < -0.4 is 10.2 Å². The number of halogens is 2. The van der Waals surface area contributed by atoms with Gasteiger partial charge in [-0.1, -0.05) is 11.6 Å². The number of nitrogens with zero attached hydrogens (tertiary/aromatic N) is 1. The molecule has 1 heterocycles. The fourth-order valence-corrected chi connectivity index (χ4v) is 3.92. The minimum absolute atomic E-state index is 0.0901. The Morgan fingerprint density at radius 1 is 1.15 bits per heavy atom. The van der Waals surface area contributed by atoms with Crippen molar-refractivity contribution in [2.75, 3.05) is 16.0 Å². The zero-order chi connectivity index (χ0) is 18.7. The maximum Gasteiger partial charge on any atom is 0.247 e. The van der Waals surface area contributed by atoms with E-state index in [1.54, 1.807) is 36.4 Å². The molecule has 1 saturated heterocycles. The molecule has 5 nitrogen and oxygen atoms in total. The van der Waals surface area contributed by atoms with E-state index in [1.165, 1.54) is 16.7 Å². The van der Waals surface area contributed by atoms with Gasteiger partial charge in [-0.05, 0) is 71.1 Å². The van der Waals surface area contributed by atoms with E-state index >= 15 is 0 Å². The lowest BCUT2D eigenvalue weighted by atomic mass is 10.3. The summed E-state index contributed by atoms with van der Waals surface area (Å²) in [7, 11) is 0. The van der Waals surface area contributed by atoms with Gasteiger partial charge in [0.15, 0.2) is 0 Å². The largest absolute Gasteiger partial charge is 0.325 e. The average Bonchev–Trinajstić information content (AvgIpc) is 2.90. The molecular weight excluding hydrogens is 487 g/mol. The third-order valence-electron chi connectivity index (χ3n) is 3.73. The Morgan fingerprint density at radius 3 is 2.46 bits per heavy atom. The molecule has 1 fully saturated rings. The molecular formula is C18H14ClIN2O3S. The molecule has 2 aromatic rings. The summed E-state index contributed by atoms with van der Waals surface area (Å²) in [6, 6.07) is 14.0. The zero-order valence-electron chi connectivity index (χ0n) is 13.4. The number of amides is 3. The van der Waals surface area contributed by atoms with Gasteiger partial charge in [0, 0.05) is 20.7 Å². The first kappa shape index (κ1) is 19.2. The predicted octanol–water partition coefficient (Wildman–Crippen LogP) is 3.95. The molecule has 0 aromatic heterocycles. The van der Waals surface area contributed by atoms with Gasteiger partial charge < -0.3 is 5.32 Å². The van der Waals surface area contributed by atoms with Gasteiger partial charge in [-0.3, -0.25) is 14.4 Å². The van der Waals surface area contributed by atoms with Crippen LogP contribution >= 0.6 is 46.0 Å². The fourth-order valence-electron chi connectivity index (χ4n) is 2.50. The molecule has 1 aliphatic heterocycles. The SMILES string of the molecule is O=C(CS[C@H]1CC(=O)N(c2ccc(I)cc2)C1=O)Nc1ccc(Cl)cc1. The molecule has 0 unspecified atom stereocenters. The Balaban J connectivity index is 1.57. The molecule has 1 N–H and O–H groups in total. The van der Waals surface area contributed by atoms with E-state index in [9.17, 15) is 14.4 Å². The number of rotatable bonds is 5. The standard InChI is InChI=1S/C18H14ClIN2O3S/c19-11-1-5-13(6-2-11)21-16(23)10-26-15-9-17(24)22(18(15)25)14-7-3-12(20)4-8-14/h1-8,15H,9-10H2,(H,21,23)/t15-/m0/s1. The van der Waals surface area contributed by atoms with Gasteiger partial charge in [0.1, 0.15) is 0 Å². The van der Waals surface area contributed by atoms with Crippen molar-refractivity contribution in [3.63, 3.8) is 0 Å². The van der Waals surface area contributed by atoms with Crippen LogP contribution in [-0.4, -0.2) is 28.7 Å². The Bertz CT molecular complexity index is 843. The van der Waals surface area contributed by atoms with Crippen molar-refractivity contribution in [2.45, 2.75) is 11.7 Å². The highest BCUT2D eigenvalue weighted by Crippen LogP contribution is 2.30. The molecule has 0 radical (unpaired) electrons. The topological polar surface area (TPSA) is 66.5 Å². The highest BCUT2D eigenvalue weighted by molar-refractivity contribution is 14.1. The number of imide groups is 1. The third kappa shape index (κ3) is 4.57. The van der Waals surface area contributed by atoms with E-state index in [2.05, 4.69) is 27.9 Å². The highest BCUT2D eigenvalue weighted by Gasteiger charge is 2.40. The van der Waals surface area contributed by atoms with E-state index in [4.69, 9.17) is 11.6 Å². The van der Waals surface area contributed by atoms with E-state index in [0.29, 0.717) is 16.4 Å². The molecule has 0 saturated carbocycles. The molecule has 8 heteroatoms. The number of benzene rings is 2. The van der Waals surface area contributed by atoms with Gasteiger partial charge in [-0.25, -0.2) is 4.90 Å². The van der Waals surface area contributed by atoms with Crippen LogP contribution in [0.25, 0.3) is 0 Å². The summed E-state index contributed by atoms with van der Waals surface area (Å²) in [5.41, 5.74) is 1.20. The molecule has 26 heavy (non-hydrogen) atoms. The van der Waals surface area contributed by atoms with Crippen LogP contribution in [0.2, 0.25) is 5.02 Å². The normalized spacial score (nSPS) is 16.8. The molecule has 0 aliphatic carbocycles. The number of thioether (sulfide) groups is 1. The van der Waals surface area contributed by atoms with Crippen molar-refractivity contribution in [3.05, 3.63) is 57.1 Å². The van der Waals surface area contributed by atoms with Crippen LogP contribution in [0.4, 0.5) is 11.4 Å². The van der Waals surface area contributed by atoms with Crippen molar-refractivity contribution in [2.24, 2.45) is 0 Å². The first-order valence-electron chi connectivity index (χ1n) is 7.73. The number of hydrogen-bond donors (Lipinski definition) is 1. The Morgan fingerprint density at radius 2 is 1.81 bits per heavy atom. The second kappa shape index (κ2) is 8.41. The fraction of sp³-hybridized carbons (Fsp3) is 0.167. The minimum atomic E-state index is -0.544. The smallest absolute Gasteiger partial charge is 0.247 e. The number of carbonyl (C=O) groups excluding carboxylic acids is 3. The summed E-state index contributed by atoms with van der Waals surface area (Å²) in [5, 5.41) is 2.78. The Kier molecular flexibility index (Phi) is 6.20. The second-order valence-electron chi connectivity index (χ2n) is 5.60. The number of anilines is 2. The van der Waals surface area contributed by atoms with Crippen molar-refractivity contribution in [1.29, 1.82) is 0 Å². The van der Waals surface area contributed by atoms with Crippen LogP contribution in [0.15, 0.2) is 48.5 Å². The van der Waals surface area contributed by atoms with Crippen molar-refractivity contribution in [3.8, 4) is 0 Å². The van der Waals surface area contributed by atoms with Crippen molar-refractivity contribution in [1.82, 2.24) is 0 Å². The summed E-state index contributed by atoms with van der Waals surface area (Å²) < 4.78 is 1.02. The summed E-state index contributed by atoms with van der Waals surface area (Å²) in [4.78, 5) is 38.0. The lowest BCUT2D eigenvalue weighted by Gasteiger charge is -2.15. The monoisotopic (exact) mass is 500 g/mol. The van der Waals surface area contributed by atoms with Gasteiger partial charge in [0.2, 0.25) is 17.7 Å². The summed E-state index contributed by atoms with van der Waals surface area (Å²) in [5.74, 6) is -0.662. The first-order valence-corrected chi connectivity index (χ1v) is 10.2. The average molecular weight is 501 g/mol. The molecule has 1 aliphatic rings. The summed E-state index contributed by atoms with van der Waals surface area (Å²) >= 11 is 9.14. The van der Waals surface area contributed by atoms with Gasteiger partial charge in [0.25, 0.3) is 0 Å². The molecule has 2 aromatic carbocycles. The first-order chi connectivity index (χ1) is 12.4. The number of carbonyl (C=O) groups is 3. The maximum atomic E-state index is 12.5. The van der Waals surface area contributed by atoms with E-state index in [0.717, 1.165) is 3.57 Å².